The molecule has 0 radical (unpaired) electrons. The topological polar surface area (TPSA) is 44.3 Å². The summed E-state index contributed by atoms with van der Waals surface area (Å²) in [6.45, 7) is 1.56. The van der Waals surface area contributed by atoms with Gasteiger partial charge < -0.3 is 15.7 Å². The van der Waals surface area contributed by atoms with Crippen molar-refractivity contribution < 1.29 is 5.11 Å². The number of benzene rings is 3. The summed E-state index contributed by atoms with van der Waals surface area (Å²) in [5.74, 6) is 0.358. The number of hydrogen-bond donors (Lipinski definition) is 3. The van der Waals surface area contributed by atoms with Crippen molar-refractivity contribution in [3.8, 4) is 0 Å². The largest absolute Gasteiger partial charge is 0.391 e. The average Bonchev–Trinajstić information content (AvgIpc) is 2.81. The second-order valence-corrected chi connectivity index (χ2v) is 8.34. The van der Waals surface area contributed by atoms with Crippen LogP contribution >= 0.6 is 0 Å². The Hall–Kier alpha value is -2.46. The summed E-state index contributed by atoms with van der Waals surface area (Å²) in [6, 6.07) is 32.7. The minimum Gasteiger partial charge on any atom is -0.391 e. The fraction of sp³-hybridized carbons (Fsp3) is 0.333. The van der Waals surface area contributed by atoms with E-state index >= 15 is 0 Å². The summed E-state index contributed by atoms with van der Waals surface area (Å²) in [5, 5.41) is 17.8. The van der Waals surface area contributed by atoms with Gasteiger partial charge in [-0.3, -0.25) is 0 Å². The predicted molar refractivity (Wildman–Crippen MR) is 124 cm³/mol. The van der Waals surface area contributed by atoms with Crippen LogP contribution in [0.4, 0.5) is 0 Å². The monoisotopic (exact) mass is 400 g/mol. The molecule has 1 aliphatic rings. The van der Waals surface area contributed by atoms with Crippen molar-refractivity contribution in [2.45, 2.75) is 43.4 Å². The Morgan fingerprint density at radius 2 is 1.37 bits per heavy atom. The lowest BCUT2D eigenvalue weighted by molar-refractivity contribution is 0.162. The van der Waals surface area contributed by atoms with Crippen LogP contribution in [-0.4, -0.2) is 36.4 Å². The van der Waals surface area contributed by atoms with Gasteiger partial charge in [-0.25, -0.2) is 0 Å². The predicted octanol–water partition coefficient (Wildman–Crippen LogP) is 4.13. The minimum absolute atomic E-state index is 0.355. The Kier molecular flexibility index (Phi) is 7.30. The van der Waals surface area contributed by atoms with Crippen molar-refractivity contribution in [1.29, 1.82) is 0 Å². The van der Waals surface area contributed by atoms with Gasteiger partial charge in [-0.15, -0.1) is 0 Å². The van der Waals surface area contributed by atoms with Gasteiger partial charge in [0.05, 0.1) is 6.10 Å². The fourth-order valence-electron chi connectivity index (χ4n) is 4.58. The number of piperidine rings is 1. The van der Waals surface area contributed by atoms with Gasteiger partial charge >= 0.3 is 0 Å². The zero-order chi connectivity index (χ0) is 20.6. The van der Waals surface area contributed by atoms with Crippen molar-refractivity contribution in [2.24, 2.45) is 0 Å². The lowest BCUT2D eigenvalue weighted by Gasteiger charge is -2.36. The van der Waals surface area contributed by atoms with Crippen LogP contribution in [0.3, 0.4) is 0 Å². The first-order chi connectivity index (χ1) is 14.8. The smallest absolute Gasteiger partial charge is 0.0704 e. The molecule has 0 aliphatic carbocycles. The van der Waals surface area contributed by atoms with Crippen molar-refractivity contribution >= 4 is 0 Å². The number of rotatable bonds is 8. The summed E-state index contributed by atoms with van der Waals surface area (Å²) in [6.07, 6.45) is 2.57. The number of aliphatic hydroxyl groups is 1. The molecule has 4 rings (SSSR count). The summed E-state index contributed by atoms with van der Waals surface area (Å²) < 4.78 is 0. The highest BCUT2D eigenvalue weighted by molar-refractivity contribution is 5.34. The first-order valence-corrected chi connectivity index (χ1v) is 11.1. The van der Waals surface area contributed by atoms with E-state index in [1.165, 1.54) is 16.7 Å². The molecule has 1 heterocycles. The minimum atomic E-state index is -0.355. The van der Waals surface area contributed by atoms with Crippen LogP contribution in [0.2, 0.25) is 0 Å². The quantitative estimate of drug-likeness (QED) is 0.533. The molecule has 3 nitrogen and oxygen atoms in total. The van der Waals surface area contributed by atoms with Gasteiger partial charge in [-0.2, -0.15) is 0 Å². The van der Waals surface area contributed by atoms with Crippen molar-refractivity contribution in [3.63, 3.8) is 0 Å². The Bertz CT molecular complexity index is 822. The Morgan fingerprint density at radius 3 is 1.90 bits per heavy atom. The molecule has 1 aliphatic heterocycles. The Morgan fingerprint density at radius 1 is 0.800 bits per heavy atom. The summed E-state index contributed by atoms with van der Waals surface area (Å²) in [7, 11) is 0. The normalized spacial score (nSPS) is 20.2. The van der Waals surface area contributed by atoms with Crippen LogP contribution < -0.4 is 10.6 Å². The highest BCUT2D eigenvalue weighted by Gasteiger charge is 2.29. The summed E-state index contributed by atoms with van der Waals surface area (Å²) >= 11 is 0. The van der Waals surface area contributed by atoms with E-state index in [4.69, 9.17) is 0 Å². The Balaban J connectivity index is 1.32. The van der Waals surface area contributed by atoms with E-state index in [1.807, 2.05) is 18.2 Å². The molecule has 30 heavy (non-hydrogen) atoms. The molecule has 156 valence electrons. The van der Waals surface area contributed by atoms with E-state index < -0.39 is 0 Å². The lowest BCUT2D eigenvalue weighted by atomic mass is 9.81. The third kappa shape index (κ3) is 5.57. The van der Waals surface area contributed by atoms with Gasteiger partial charge in [0.2, 0.25) is 0 Å². The van der Waals surface area contributed by atoms with Gasteiger partial charge in [0.1, 0.15) is 0 Å². The van der Waals surface area contributed by atoms with E-state index in [0.29, 0.717) is 31.0 Å². The molecule has 3 aromatic rings. The number of hydrogen-bond acceptors (Lipinski definition) is 3. The maximum absolute atomic E-state index is 10.4. The third-order valence-corrected chi connectivity index (χ3v) is 6.13. The highest BCUT2D eigenvalue weighted by Crippen LogP contribution is 2.31. The van der Waals surface area contributed by atoms with Crippen LogP contribution in [0, 0.1) is 0 Å². The molecule has 2 unspecified atom stereocenters. The molecule has 3 aromatic carbocycles. The van der Waals surface area contributed by atoms with Gasteiger partial charge in [0.15, 0.2) is 0 Å². The zero-order valence-electron chi connectivity index (χ0n) is 17.5. The molecule has 1 fully saturated rings. The van der Waals surface area contributed by atoms with Gasteiger partial charge in [0, 0.05) is 31.1 Å². The van der Waals surface area contributed by atoms with E-state index in [2.05, 4.69) is 83.4 Å². The standard InChI is InChI=1S/C27H32N2O/c30-25(18-21-10-4-1-5-11-21)20-28-24-16-17-26(29-19-24)27(22-12-6-2-7-13-22)23-14-8-3-9-15-23/h1-15,24-30H,16-20H2/t24?,25-,26?/m1/s1. The van der Waals surface area contributed by atoms with Crippen molar-refractivity contribution in [2.75, 3.05) is 13.1 Å². The van der Waals surface area contributed by atoms with Crippen LogP contribution in [-0.2, 0) is 6.42 Å². The van der Waals surface area contributed by atoms with Crippen molar-refractivity contribution in [1.82, 2.24) is 10.6 Å². The van der Waals surface area contributed by atoms with E-state index in [9.17, 15) is 5.11 Å². The molecule has 3 atom stereocenters. The summed E-state index contributed by atoms with van der Waals surface area (Å²) in [4.78, 5) is 0. The molecular weight excluding hydrogens is 368 g/mol. The maximum atomic E-state index is 10.4. The molecule has 0 amide bonds. The van der Waals surface area contributed by atoms with E-state index in [1.54, 1.807) is 0 Å². The Labute approximate surface area is 180 Å². The summed E-state index contributed by atoms with van der Waals surface area (Å²) in [5.41, 5.74) is 3.92. The van der Waals surface area contributed by atoms with Crippen LogP contribution in [0.15, 0.2) is 91.0 Å². The first kappa shape index (κ1) is 20.8. The molecule has 0 bridgehead atoms. The van der Waals surface area contributed by atoms with Crippen molar-refractivity contribution in [3.05, 3.63) is 108 Å². The molecule has 3 N–H and O–H groups in total. The first-order valence-electron chi connectivity index (χ1n) is 11.1. The second-order valence-electron chi connectivity index (χ2n) is 8.34. The molecule has 0 aromatic heterocycles. The molecule has 3 heteroatoms. The third-order valence-electron chi connectivity index (χ3n) is 6.13. The van der Waals surface area contributed by atoms with E-state index in [-0.39, 0.29) is 6.10 Å². The number of nitrogens with one attached hydrogen (secondary N) is 2. The van der Waals surface area contributed by atoms with Gasteiger partial charge in [-0.1, -0.05) is 91.0 Å². The lowest BCUT2D eigenvalue weighted by Crippen LogP contribution is -2.51. The van der Waals surface area contributed by atoms with Crippen LogP contribution in [0.5, 0.6) is 0 Å². The maximum Gasteiger partial charge on any atom is 0.0704 e. The fourth-order valence-corrected chi connectivity index (χ4v) is 4.58. The zero-order valence-corrected chi connectivity index (χ0v) is 17.5. The highest BCUT2D eigenvalue weighted by atomic mass is 16.3. The molecule has 0 spiro atoms. The average molecular weight is 401 g/mol. The second kappa shape index (κ2) is 10.5. The molecule has 0 saturated carbocycles. The SMILES string of the molecule is O[C@@H](CNC1CCC(C(c2ccccc2)c2ccccc2)NC1)Cc1ccccc1. The van der Waals surface area contributed by atoms with Crippen LogP contribution in [0.1, 0.15) is 35.4 Å². The molecule has 1 saturated heterocycles. The van der Waals surface area contributed by atoms with Crippen LogP contribution in [0.25, 0.3) is 0 Å². The van der Waals surface area contributed by atoms with E-state index in [0.717, 1.165) is 19.4 Å². The van der Waals surface area contributed by atoms with Gasteiger partial charge in [-0.05, 0) is 36.0 Å². The molecular formula is C27H32N2O. The number of aliphatic hydroxyl groups excluding tert-OH is 1. The van der Waals surface area contributed by atoms with Gasteiger partial charge in [0.25, 0.3) is 0 Å².